The Balaban J connectivity index is 2.73. The second-order valence-electron chi connectivity index (χ2n) is 3.23. The minimum absolute atomic E-state index is 0.112. The SMILES string of the molecule is O=C1NCCc2cccc(S(=O)(=O)Cl)c21. The summed E-state index contributed by atoms with van der Waals surface area (Å²) in [5, 5.41) is 2.59. The Hall–Kier alpha value is -1.07. The van der Waals surface area contributed by atoms with Crippen LogP contribution in [0.25, 0.3) is 0 Å². The topological polar surface area (TPSA) is 63.2 Å². The van der Waals surface area contributed by atoms with Crippen molar-refractivity contribution in [3.05, 3.63) is 29.3 Å². The number of amides is 1. The monoisotopic (exact) mass is 245 g/mol. The standard InChI is InChI=1S/C9H8ClNO3S/c10-15(13,14)7-3-1-2-6-4-5-11-9(12)8(6)7/h1-3H,4-5H2,(H,11,12). The van der Waals surface area contributed by atoms with Crippen LogP contribution in [0.3, 0.4) is 0 Å². The van der Waals surface area contributed by atoms with Crippen molar-refractivity contribution in [1.29, 1.82) is 0 Å². The van der Waals surface area contributed by atoms with Gasteiger partial charge in [0.2, 0.25) is 0 Å². The van der Waals surface area contributed by atoms with Gasteiger partial charge in [0.05, 0.1) is 10.5 Å². The van der Waals surface area contributed by atoms with Crippen LogP contribution >= 0.6 is 10.7 Å². The molecule has 1 aliphatic rings. The molecule has 0 fully saturated rings. The molecule has 2 rings (SSSR count). The summed E-state index contributed by atoms with van der Waals surface area (Å²) >= 11 is 0. The first-order chi connectivity index (χ1) is 7.00. The lowest BCUT2D eigenvalue weighted by Crippen LogP contribution is -2.33. The number of hydrogen-bond donors (Lipinski definition) is 1. The van der Waals surface area contributed by atoms with Gasteiger partial charge in [-0.1, -0.05) is 12.1 Å². The van der Waals surface area contributed by atoms with Crippen molar-refractivity contribution in [2.45, 2.75) is 11.3 Å². The van der Waals surface area contributed by atoms with Crippen molar-refractivity contribution in [2.75, 3.05) is 6.54 Å². The van der Waals surface area contributed by atoms with Gasteiger partial charge in [-0.15, -0.1) is 0 Å². The molecule has 0 bridgehead atoms. The van der Waals surface area contributed by atoms with Gasteiger partial charge < -0.3 is 5.32 Å². The Labute approximate surface area is 91.7 Å². The maximum atomic E-state index is 11.5. The fourth-order valence-electron chi connectivity index (χ4n) is 1.64. The largest absolute Gasteiger partial charge is 0.352 e. The van der Waals surface area contributed by atoms with Gasteiger partial charge in [-0.3, -0.25) is 4.79 Å². The molecule has 0 spiro atoms. The number of benzene rings is 1. The van der Waals surface area contributed by atoms with E-state index >= 15 is 0 Å². The van der Waals surface area contributed by atoms with Crippen molar-refractivity contribution in [3.63, 3.8) is 0 Å². The van der Waals surface area contributed by atoms with Gasteiger partial charge in [-0.2, -0.15) is 0 Å². The van der Waals surface area contributed by atoms with Gasteiger partial charge in [-0.25, -0.2) is 8.42 Å². The van der Waals surface area contributed by atoms with E-state index in [2.05, 4.69) is 5.32 Å². The van der Waals surface area contributed by atoms with E-state index in [0.717, 1.165) is 5.56 Å². The Kier molecular flexibility index (Phi) is 2.44. The fraction of sp³-hybridized carbons (Fsp3) is 0.222. The lowest BCUT2D eigenvalue weighted by Gasteiger charge is -2.17. The molecule has 1 heterocycles. The molecule has 15 heavy (non-hydrogen) atoms. The summed E-state index contributed by atoms with van der Waals surface area (Å²) in [6.45, 7) is 0.525. The summed E-state index contributed by atoms with van der Waals surface area (Å²) in [5.74, 6) is -0.379. The van der Waals surface area contributed by atoms with Crippen LogP contribution < -0.4 is 5.32 Å². The van der Waals surface area contributed by atoms with E-state index in [1.54, 1.807) is 12.1 Å². The second-order valence-corrected chi connectivity index (χ2v) is 5.77. The van der Waals surface area contributed by atoms with E-state index in [9.17, 15) is 13.2 Å². The molecule has 6 heteroatoms. The maximum Gasteiger partial charge on any atom is 0.262 e. The third-order valence-electron chi connectivity index (χ3n) is 2.28. The molecule has 0 atom stereocenters. The molecule has 0 aromatic heterocycles. The molecule has 0 unspecified atom stereocenters. The Bertz CT molecular complexity index is 524. The molecule has 1 N–H and O–H groups in total. The van der Waals surface area contributed by atoms with E-state index in [1.165, 1.54) is 6.07 Å². The molecule has 1 amide bonds. The van der Waals surface area contributed by atoms with Crippen molar-refractivity contribution in [1.82, 2.24) is 5.32 Å². The first-order valence-electron chi connectivity index (χ1n) is 4.35. The summed E-state index contributed by atoms with van der Waals surface area (Å²) < 4.78 is 22.5. The zero-order valence-corrected chi connectivity index (χ0v) is 9.23. The van der Waals surface area contributed by atoms with Crippen molar-refractivity contribution < 1.29 is 13.2 Å². The molecular formula is C9H8ClNO3S. The number of fused-ring (bicyclic) bond motifs is 1. The van der Waals surface area contributed by atoms with Crippen LogP contribution in [0.1, 0.15) is 15.9 Å². The summed E-state index contributed by atoms with van der Waals surface area (Å²) in [7, 11) is 1.39. The second kappa shape index (κ2) is 3.50. The predicted molar refractivity (Wildman–Crippen MR) is 55.5 cm³/mol. The quantitative estimate of drug-likeness (QED) is 0.748. The third kappa shape index (κ3) is 1.85. The number of hydrogen-bond acceptors (Lipinski definition) is 3. The Morgan fingerprint density at radius 3 is 2.73 bits per heavy atom. The zero-order chi connectivity index (χ0) is 11.1. The van der Waals surface area contributed by atoms with Crippen molar-refractivity contribution in [2.24, 2.45) is 0 Å². The minimum atomic E-state index is -3.87. The van der Waals surface area contributed by atoms with Crippen LogP contribution in [-0.4, -0.2) is 20.9 Å². The molecule has 0 saturated heterocycles. The predicted octanol–water partition coefficient (Wildman–Crippen LogP) is 0.900. The maximum absolute atomic E-state index is 11.5. The van der Waals surface area contributed by atoms with Crippen LogP contribution in [0.5, 0.6) is 0 Å². The Morgan fingerprint density at radius 2 is 2.07 bits per heavy atom. The highest BCUT2D eigenvalue weighted by Crippen LogP contribution is 2.25. The highest BCUT2D eigenvalue weighted by Gasteiger charge is 2.25. The molecule has 0 radical (unpaired) electrons. The number of carbonyl (C=O) groups is 1. The van der Waals surface area contributed by atoms with Crippen molar-refractivity contribution >= 4 is 25.6 Å². The first-order valence-corrected chi connectivity index (χ1v) is 6.66. The normalized spacial score (nSPS) is 15.7. The van der Waals surface area contributed by atoms with E-state index in [0.29, 0.717) is 13.0 Å². The van der Waals surface area contributed by atoms with Crippen LogP contribution in [0.4, 0.5) is 0 Å². The zero-order valence-electron chi connectivity index (χ0n) is 7.66. The highest BCUT2D eigenvalue weighted by atomic mass is 35.7. The van der Waals surface area contributed by atoms with Crippen LogP contribution in [0, 0.1) is 0 Å². The average molecular weight is 246 g/mol. The molecule has 4 nitrogen and oxygen atoms in total. The third-order valence-corrected chi connectivity index (χ3v) is 3.65. The summed E-state index contributed by atoms with van der Waals surface area (Å²) in [6.07, 6.45) is 0.626. The van der Waals surface area contributed by atoms with E-state index in [-0.39, 0.29) is 16.4 Å². The van der Waals surface area contributed by atoms with Gasteiger partial charge in [0, 0.05) is 17.2 Å². The summed E-state index contributed by atoms with van der Waals surface area (Å²) in [6, 6.07) is 4.67. The lowest BCUT2D eigenvalue weighted by atomic mass is 10.0. The smallest absolute Gasteiger partial charge is 0.262 e. The van der Waals surface area contributed by atoms with Crippen molar-refractivity contribution in [3.8, 4) is 0 Å². The lowest BCUT2D eigenvalue weighted by molar-refractivity contribution is 0.0942. The van der Waals surface area contributed by atoms with E-state index in [1.807, 2.05) is 0 Å². The average Bonchev–Trinajstić information content (AvgIpc) is 2.16. The molecule has 1 aromatic rings. The summed E-state index contributed by atoms with van der Waals surface area (Å²) in [4.78, 5) is 11.4. The molecular weight excluding hydrogens is 238 g/mol. The number of rotatable bonds is 1. The first kappa shape index (κ1) is 10.4. The van der Waals surface area contributed by atoms with Gasteiger partial charge in [0.15, 0.2) is 0 Å². The van der Waals surface area contributed by atoms with Crippen LogP contribution in [-0.2, 0) is 15.5 Å². The highest BCUT2D eigenvalue weighted by molar-refractivity contribution is 8.13. The number of carbonyl (C=O) groups excluding carboxylic acids is 1. The van der Waals surface area contributed by atoms with Gasteiger partial charge in [-0.05, 0) is 18.1 Å². The molecule has 0 saturated carbocycles. The minimum Gasteiger partial charge on any atom is -0.352 e. The molecule has 1 aliphatic heterocycles. The van der Waals surface area contributed by atoms with E-state index < -0.39 is 9.05 Å². The van der Waals surface area contributed by atoms with Gasteiger partial charge in [0.1, 0.15) is 0 Å². The van der Waals surface area contributed by atoms with Crippen LogP contribution in [0.2, 0.25) is 0 Å². The summed E-state index contributed by atoms with van der Waals surface area (Å²) in [5.41, 5.74) is 0.902. The van der Waals surface area contributed by atoms with Crippen LogP contribution in [0.15, 0.2) is 23.1 Å². The number of nitrogens with one attached hydrogen (secondary N) is 1. The number of halogens is 1. The molecule has 1 aromatic carbocycles. The molecule has 80 valence electrons. The molecule has 0 aliphatic carbocycles. The fourth-order valence-corrected chi connectivity index (χ4v) is 2.74. The van der Waals surface area contributed by atoms with Gasteiger partial charge in [0.25, 0.3) is 15.0 Å². The van der Waals surface area contributed by atoms with Gasteiger partial charge >= 0.3 is 0 Å². The Morgan fingerprint density at radius 1 is 1.33 bits per heavy atom. The van der Waals surface area contributed by atoms with E-state index in [4.69, 9.17) is 10.7 Å².